The second-order valence-electron chi connectivity index (χ2n) is 10.4. The average molecular weight is 528 g/mol. The number of halogens is 3. The zero-order valence-electron chi connectivity index (χ0n) is 21.2. The lowest BCUT2D eigenvalue weighted by atomic mass is 9.89. The van der Waals surface area contributed by atoms with Crippen LogP contribution in [0.3, 0.4) is 0 Å². The van der Waals surface area contributed by atoms with E-state index in [0.717, 1.165) is 31.3 Å². The van der Waals surface area contributed by atoms with E-state index in [2.05, 4.69) is 33.3 Å². The quantitative estimate of drug-likeness (QED) is 0.470. The minimum absolute atomic E-state index is 0.0522. The van der Waals surface area contributed by atoms with Crippen LogP contribution >= 0.6 is 0 Å². The van der Waals surface area contributed by atoms with Gasteiger partial charge in [0.2, 0.25) is 0 Å². The van der Waals surface area contributed by atoms with Gasteiger partial charge in [-0.05, 0) is 69.1 Å². The molecule has 2 aliphatic heterocycles. The Morgan fingerprint density at radius 1 is 1.13 bits per heavy atom. The highest BCUT2D eigenvalue weighted by atomic mass is 19.4. The first-order chi connectivity index (χ1) is 18.1. The number of nitrogens with one attached hydrogen (secondary N) is 1. The smallest absolute Gasteiger partial charge is 0.393 e. The Morgan fingerprint density at radius 2 is 1.89 bits per heavy atom. The van der Waals surface area contributed by atoms with Crippen LogP contribution in [0.25, 0.3) is 10.9 Å². The van der Waals surface area contributed by atoms with Crippen molar-refractivity contribution in [1.82, 2.24) is 14.9 Å². The highest BCUT2D eigenvalue weighted by Crippen LogP contribution is 2.37. The molecule has 5 N–H and O–H groups in total. The Morgan fingerprint density at radius 3 is 2.63 bits per heavy atom. The number of hydrogen-bond acceptors (Lipinski definition) is 7. The maximum absolute atomic E-state index is 13.5. The lowest BCUT2D eigenvalue weighted by Crippen LogP contribution is -2.51. The standard InChI is InChI=1S/C27H32F3N7O/c1-36-8-5-16(6-9-36)17-2-3-18-10-21(32)25(34-22(18)11-17)26(38)35-23-13-33-7-4-24(23)37-14-19(27(28,29)30)12-20(31)15-37/h2-4,7,10-11,13,16,19-20H,5-6,8-9,12,14-15,31-32H2,1H3,(H,35,38)/t19-,20-/m1/s1. The predicted octanol–water partition coefficient (Wildman–Crippen LogP) is 3.99. The third kappa shape index (κ3) is 5.53. The van der Waals surface area contributed by atoms with Crippen LogP contribution in [0.5, 0.6) is 0 Å². The number of carbonyl (C=O) groups is 1. The van der Waals surface area contributed by atoms with E-state index < -0.39 is 24.0 Å². The molecule has 202 valence electrons. The Bertz CT molecular complexity index is 1320. The number of piperidine rings is 2. The van der Waals surface area contributed by atoms with E-state index in [9.17, 15) is 18.0 Å². The van der Waals surface area contributed by atoms with E-state index in [-0.39, 0.29) is 36.6 Å². The molecule has 0 saturated carbocycles. The highest BCUT2D eigenvalue weighted by Gasteiger charge is 2.44. The fourth-order valence-corrected chi connectivity index (χ4v) is 5.49. The number of benzene rings is 1. The van der Waals surface area contributed by atoms with Gasteiger partial charge >= 0.3 is 6.18 Å². The van der Waals surface area contributed by atoms with Crippen LogP contribution in [0, 0.1) is 5.92 Å². The molecule has 38 heavy (non-hydrogen) atoms. The van der Waals surface area contributed by atoms with E-state index in [4.69, 9.17) is 11.5 Å². The normalized spacial score (nSPS) is 21.6. The summed E-state index contributed by atoms with van der Waals surface area (Å²) < 4.78 is 40.5. The Balaban J connectivity index is 1.40. The predicted molar refractivity (Wildman–Crippen MR) is 142 cm³/mol. The second kappa shape index (κ2) is 10.4. The molecule has 0 radical (unpaired) electrons. The van der Waals surface area contributed by atoms with Gasteiger partial charge in [-0.2, -0.15) is 13.2 Å². The van der Waals surface area contributed by atoms with Crippen LogP contribution in [0.4, 0.5) is 30.2 Å². The molecule has 0 bridgehead atoms. The SMILES string of the molecule is CN1CCC(c2ccc3cc(N)c(C(=O)Nc4cnccc4N4C[C@H](N)C[C@@H](C(F)(F)F)C4)nc3c2)CC1. The summed E-state index contributed by atoms with van der Waals surface area (Å²) >= 11 is 0. The van der Waals surface area contributed by atoms with Crippen LogP contribution in [-0.2, 0) is 0 Å². The van der Waals surface area contributed by atoms with Crippen molar-refractivity contribution in [3.63, 3.8) is 0 Å². The molecule has 11 heteroatoms. The third-order valence-corrected chi connectivity index (χ3v) is 7.61. The summed E-state index contributed by atoms with van der Waals surface area (Å²) in [6.45, 7) is 2.05. The van der Waals surface area contributed by atoms with Gasteiger partial charge in [0.1, 0.15) is 0 Å². The average Bonchev–Trinajstić information content (AvgIpc) is 2.88. The fraction of sp³-hybridized carbons (Fsp3) is 0.444. The lowest BCUT2D eigenvalue weighted by molar-refractivity contribution is -0.177. The number of amides is 1. The molecule has 0 aliphatic carbocycles. The fourth-order valence-electron chi connectivity index (χ4n) is 5.49. The number of rotatable bonds is 4. The Kier molecular flexibility index (Phi) is 7.15. The summed E-state index contributed by atoms with van der Waals surface area (Å²) in [6, 6.07) is 8.74. The number of nitrogens with zero attached hydrogens (tertiary/aromatic N) is 4. The van der Waals surface area contributed by atoms with Gasteiger partial charge in [-0.15, -0.1) is 0 Å². The molecule has 2 saturated heterocycles. The van der Waals surface area contributed by atoms with Gasteiger partial charge in [-0.3, -0.25) is 9.78 Å². The van der Waals surface area contributed by atoms with Crippen LogP contribution in [0.1, 0.15) is 41.2 Å². The molecule has 8 nitrogen and oxygen atoms in total. The number of fused-ring (bicyclic) bond motifs is 1. The molecule has 2 aromatic heterocycles. The molecule has 2 atom stereocenters. The number of nitrogens with two attached hydrogens (primary N) is 2. The number of carbonyl (C=O) groups excluding carboxylic acids is 1. The van der Waals surface area contributed by atoms with E-state index in [1.807, 2.05) is 12.1 Å². The summed E-state index contributed by atoms with van der Waals surface area (Å²) in [6.07, 6.45) is 0.506. The van der Waals surface area contributed by atoms with Gasteiger partial charge in [0.25, 0.3) is 5.91 Å². The van der Waals surface area contributed by atoms with E-state index >= 15 is 0 Å². The first kappa shape index (κ1) is 26.2. The minimum atomic E-state index is -4.36. The first-order valence-corrected chi connectivity index (χ1v) is 12.8. The Hall–Kier alpha value is -3.44. The number of nitrogen functional groups attached to an aromatic ring is 1. The Labute approximate surface area is 219 Å². The van der Waals surface area contributed by atoms with Gasteiger partial charge in [-0.1, -0.05) is 12.1 Å². The molecule has 1 amide bonds. The summed E-state index contributed by atoms with van der Waals surface area (Å²) in [5, 5.41) is 3.60. The maximum atomic E-state index is 13.5. The number of aromatic nitrogens is 2. The molecule has 4 heterocycles. The zero-order valence-corrected chi connectivity index (χ0v) is 21.2. The van der Waals surface area contributed by atoms with Crippen LogP contribution in [0.15, 0.2) is 42.7 Å². The molecule has 0 unspecified atom stereocenters. The number of likely N-dealkylation sites (tertiary alicyclic amines) is 1. The minimum Gasteiger partial charge on any atom is -0.397 e. The van der Waals surface area contributed by atoms with Crippen molar-refractivity contribution in [1.29, 1.82) is 0 Å². The summed E-state index contributed by atoms with van der Waals surface area (Å²) in [7, 11) is 2.12. The van der Waals surface area contributed by atoms with E-state index in [0.29, 0.717) is 17.1 Å². The molecule has 2 aliphatic rings. The van der Waals surface area contributed by atoms with Crippen LogP contribution < -0.4 is 21.7 Å². The van der Waals surface area contributed by atoms with Gasteiger partial charge in [0.15, 0.2) is 5.69 Å². The van der Waals surface area contributed by atoms with Crippen molar-refractivity contribution in [2.45, 2.75) is 37.4 Å². The van der Waals surface area contributed by atoms with Crippen LogP contribution in [0.2, 0.25) is 0 Å². The van der Waals surface area contributed by atoms with Crippen molar-refractivity contribution in [2.24, 2.45) is 11.7 Å². The highest BCUT2D eigenvalue weighted by molar-refractivity contribution is 6.09. The first-order valence-electron chi connectivity index (χ1n) is 12.8. The number of pyridine rings is 2. The topological polar surface area (TPSA) is 113 Å². The summed E-state index contributed by atoms with van der Waals surface area (Å²) in [5.41, 5.74) is 15.0. The van der Waals surface area contributed by atoms with Crippen LogP contribution in [-0.4, -0.2) is 66.2 Å². The van der Waals surface area contributed by atoms with Crippen molar-refractivity contribution in [3.8, 4) is 0 Å². The number of anilines is 3. The molecule has 2 fully saturated rings. The van der Waals surface area contributed by atoms with E-state index in [1.54, 1.807) is 17.0 Å². The zero-order chi connectivity index (χ0) is 27.0. The largest absolute Gasteiger partial charge is 0.397 e. The van der Waals surface area contributed by atoms with Gasteiger partial charge < -0.3 is 26.6 Å². The van der Waals surface area contributed by atoms with Gasteiger partial charge in [0.05, 0.1) is 34.7 Å². The summed E-state index contributed by atoms with van der Waals surface area (Å²) in [5.74, 6) is -1.68. The van der Waals surface area contributed by atoms with Crippen molar-refractivity contribution >= 4 is 33.9 Å². The monoisotopic (exact) mass is 527 g/mol. The molecular weight excluding hydrogens is 495 g/mol. The summed E-state index contributed by atoms with van der Waals surface area (Å²) in [4.78, 5) is 25.8. The maximum Gasteiger partial charge on any atom is 0.393 e. The lowest BCUT2D eigenvalue weighted by Gasteiger charge is -2.39. The van der Waals surface area contributed by atoms with Crippen molar-refractivity contribution < 1.29 is 18.0 Å². The molecular formula is C27H32F3N7O. The molecule has 5 rings (SSSR count). The number of hydrogen-bond donors (Lipinski definition) is 3. The molecule has 3 aromatic rings. The number of alkyl halides is 3. The van der Waals surface area contributed by atoms with E-state index in [1.165, 1.54) is 18.0 Å². The molecule has 0 spiro atoms. The second-order valence-corrected chi connectivity index (χ2v) is 10.4. The van der Waals surface area contributed by atoms with Gasteiger partial charge in [0, 0.05) is 30.7 Å². The van der Waals surface area contributed by atoms with Crippen molar-refractivity contribution in [3.05, 3.63) is 54.0 Å². The van der Waals surface area contributed by atoms with Gasteiger partial charge in [-0.25, -0.2) is 4.98 Å². The molecule has 1 aromatic carbocycles. The third-order valence-electron chi connectivity index (χ3n) is 7.61. The van der Waals surface area contributed by atoms with Crippen molar-refractivity contribution in [2.75, 3.05) is 49.2 Å².